The van der Waals surface area contributed by atoms with Gasteiger partial charge in [0.05, 0.1) is 18.6 Å². The lowest BCUT2D eigenvalue weighted by Crippen LogP contribution is -2.47. The third-order valence-corrected chi connectivity index (χ3v) is 4.88. The van der Waals surface area contributed by atoms with Crippen LogP contribution >= 0.6 is 0 Å². The van der Waals surface area contributed by atoms with Crippen molar-refractivity contribution >= 4 is 17.6 Å². The Morgan fingerprint density at radius 1 is 1.25 bits per heavy atom. The molecule has 7 nitrogen and oxygen atoms in total. The third-order valence-electron chi connectivity index (χ3n) is 4.88. The van der Waals surface area contributed by atoms with Crippen molar-refractivity contribution in [2.75, 3.05) is 19.0 Å². The Balaban J connectivity index is 2.00. The van der Waals surface area contributed by atoms with Crippen LogP contribution in [0, 0.1) is 0 Å². The Bertz CT molecular complexity index is 883. The summed E-state index contributed by atoms with van der Waals surface area (Å²) in [6, 6.07) is 12.6. The van der Waals surface area contributed by atoms with Gasteiger partial charge in [0.25, 0.3) is 5.91 Å². The molecule has 1 aliphatic rings. The molecule has 0 fully saturated rings. The number of para-hydroxylation sites is 1. The molecule has 0 spiro atoms. The number of carboxylic acids is 1. The molecule has 148 valence electrons. The van der Waals surface area contributed by atoms with E-state index in [0.29, 0.717) is 17.1 Å². The highest BCUT2D eigenvalue weighted by atomic mass is 16.5. The van der Waals surface area contributed by atoms with Crippen LogP contribution in [0.15, 0.2) is 42.5 Å². The first-order chi connectivity index (χ1) is 13.5. The summed E-state index contributed by atoms with van der Waals surface area (Å²) in [7, 11) is 1.48. The Labute approximate surface area is 163 Å². The Morgan fingerprint density at radius 3 is 2.68 bits per heavy atom. The molecule has 0 bridgehead atoms. The zero-order valence-electron chi connectivity index (χ0n) is 16.1. The number of benzene rings is 2. The fraction of sp³-hybridized carbons (Fsp3) is 0.333. The Hall–Kier alpha value is -3.22. The second-order valence-electron chi connectivity index (χ2n) is 6.63. The number of amides is 1. The minimum atomic E-state index is -1.31. The molecule has 0 saturated heterocycles. The molecule has 0 aromatic heterocycles. The van der Waals surface area contributed by atoms with Crippen LogP contribution in [0.2, 0.25) is 0 Å². The molecule has 0 aliphatic carbocycles. The highest BCUT2D eigenvalue weighted by Gasteiger charge is 2.35. The van der Waals surface area contributed by atoms with E-state index in [1.54, 1.807) is 18.2 Å². The number of anilines is 1. The van der Waals surface area contributed by atoms with E-state index in [-0.39, 0.29) is 18.1 Å². The number of fused-ring (bicyclic) bond motifs is 1. The zero-order chi connectivity index (χ0) is 20.3. The highest BCUT2D eigenvalue weighted by Crippen LogP contribution is 2.38. The van der Waals surface area contributed by atoms with Gasteiger partial charge in [-0.25, -0.2) is 0 Å². The quantitative estimate of drug-likeness (QED) is 0.788. The number of carbonyl (C=O) groups is 2. The standard InChI is InChI=1S/C21H24N2O5/c1-4-13(2)23-20(22-16-8-6-5-7-15(16)21(23)26)14-9-10-17(18(11-14)27-3)28-12-19(24)25/h5-11,13,20,22H,4,12H2,1-3H3,(H,24,25)/p-1/t13-,20-/m0/s1. The molecule has 0 unspecified atom stereocenters. The first kappa shape index (κ1) is 19.5. The Kier molecular flexibility index (Phi) is 5.73. The fourth-order valence-corrected chi connectivity index (χ4v) is 3.27. The molecule has 2 aromatic rings. The molecule has 1 aliphatic heterocycles. The summed E-state index contributed by atoms with van der Waals surface area (Å²) < 4.78 is 10.6. The van der Waals surface area contributed by atoms with Crippen LogP contribution in [0.5, 0.6) is 11.5 Å². The van der Waals surface area contributed by atoms with Crippen molar-refractivity contribution < 1.29 is 24.2 Å². The molecule has 0 radical (unpaired) electrons. The van der Waals surface area contributed by atoms with Crippen LogP contribution in [-0.4, -0.2) is 36.5 Å². The monoisotopic (exact) mass is 383 g/mol. The topological polar surface area (TPSA) is 90.9 Å². The number of carbonyl (C=O) groups excluding carboxylic acids is 2. The molecule has 2 aromatic carbocycles. The van der Waals surface area contributed by atoms with E-state index in [0.717, 1.165) is 17.7 Å². The van der Waals surface area contributed by atoms with Crippen molar-refractivity contribution in [2.45, 2.75) is 32.5 Å². The first-order valence-corrected chi connectivity index (χ1v) is 9.15. The summed E-state index contributed by atoms with van der Waals surface area (Å²) in [5.74, 6) is -0.667. The molecular formula is C21H23N2O5-. The van der Waals surface area contributed by atoms with Crippen LogP contribution in [0.3, 0.4) is 0 Å². The van der Waals surface area contributed by atoms with E-state index >= 15 is 0 Å². The Morgan fingerprint density at radius 2 is 2.00 bits per heavy atom. The van der Waals surface area contributed by atoms with Gasteiger partial charge in [-0.1, -0.05) is 25.1 Å². The second kappa shape index (κ2) is 8.21. The van der Waals surface area contributed by atoms with Gasteiger partial charge >= 0.3 is 0 Å². The molecule has 1 amide bonds. The van der Waals surface area contributed by atoms with Crippen molar-refractivity contribution in [3.63, 3.8) is 0 Å². The van der Waals surface area contributed by atoms with E-state index in [4.69, 9.17) is 9.47 Å². The number of hydrogen-bond acceptors (Lipinski definition) is 6. The lowest BCUT2D eigenvalue weighted by atomic mass is 10.0. The molecule has 28 heavy (non-hydrogen) atoms. The van der Waals surface area contributed by atoms with Gasteiger partial charge in [-0.2, -0.15) is 0 Å². The maximum absolute atomic E-state index is 13.2. The van der Waals surface area contributed by atoms with Crippen LogP contribution in [-0.2, 0) is 4.79 Å². The molecule has 2 atom stereocenters. The van der Waals surface area contributed by atoms with Crippen molar-refractivity contribution in [1.82, 2.24) is 4.90 Å². The number of rotatable bonds is 7. The molecule has 0 saturated carbocycles. The minimum Gasteiger partial charge on any atom is -0.546 e. The van der Waals surface area contributed by atoms with Gasteiger partial charge < -0.3 is 29.6 Å². The van der Waals surface area contributed by atoms with Gasteiger partial charge in [0, 0.05) is 11.7 Å². The van der Waals surface area contributed by atoms with Crippen molar-refractivity contribution in [3.05, 3.63) is 53.6 Å². The molecule has 1 N–H and O–H groups in total. The molecule has 7 heteroatoms. The van der Waals surface area contributed by atoms with E-state index in [1.165, 1.54) is 7.11 Å². The van der Waals surface area contributed by atoms with Gasteiger partial charge in [-0.05, 0) is 43.2 Å². The van der Waals surface area contributed by atoms with Crippen molar-refractivity contribution in [3.8, 4) is 11.5 Å². The number of methoxy groups -OCH3 is 1. The van der Waals surface area contributed by atoms with Crippen molar-refractivity contribution in [1.29, 1.82) is 0 Å². The van der Waals surface area contributed by atoms with E-state index in [1.807, 2.05) is 43.0 Å². The average Bonchev–Trinajstić information content (AvgIpc) is 2.71. The number of ether oxygens (including phenoxy) is 2. The molecule has 1 heterocycles. The smallest absolute Gasteiger partial charge is 0.258 e. The maximum atomic E-state index is 13.2. The number of aliphatic carboxylic acids is 1. The van der Waals surface area contributed by atoms with Gasteiger partial charge in [0.15, 0.2) is 11.5 Å². The zero-order valence-corrected chi connectivity index (χ0v) is 16.1. The van der Waals surface area contributed by atoms with Crippen LogP contribution in [0.1, 0.15) is 42.4 Å². The average molecular weight is 383 g/mol. The largest absolute Gasteiger partial charge is 0.546 e. The third kappa shape index (κ3) is 3.74. The first-order valence-electron chi connectivity index (χ1n) is 9.15. The summed E-state index contributed by atoms with van der Waals surface area (Å²) in [5, 5.41) is 14.1. The van der Waals surface area contributed by atoms with Gasteiger partial charge in [-0.15, -0.1) is 0 Å². The predicted octanol–water partition coefficient (Wildman–Crippen LogP) is 2.19. The maximum Gasteiger partial charge on any atom is 0.258 e. The van der Waals surface area contributed by atoms with Crippen molar-refractivity contribution in [2.24, 2.45) is 0 Å². The number of carboxylic acid groups (broad SMARTS) is 1. The lowest BCUT2D eigenvalue weighted by Gasteiger charge is -2.41. The van der Waals surface area contributed by atoms with E-state index in [9.17, 15) is 14.7 Å². The van der Waals surface area contributed by atoms with Gasteiger partial charge in [-0.3, -0.25) is 4.79 Å². The van der Waals surface area contributed by atoms with E-state index < -0.39 is 12.6 Å². The second-order valence-corrected chi connectivity index (χ2v) is 6.63. The van der Waals surface area contributed by atoms with Crippen LogP contribution in [0.25, 0.3) is 0 Å². The van der Waals surface area contributed by atoms with Crippen LogP contribution < -0.4 is 19.9 Å². The minimum absolute atomic E-state index is 0.0124. The predicted molar refractivity (Wildman–Crippen MR) is 102 cm³/mol. The SMILES string of the molecule is CC[C@H](C)N1C(=O)c2ccccc2N[C@@H]1c1ccc(OCC(=O)[O-])c(OC)c1. The van der Waals surface area contributed by atoms with Crippen LogP contribution in [0.4, 0.5) is 5.69 Å². The van der Waals surface area contributed by atoms with Gasteiger partial charge in [0.2, 0.25) is 0 Å². The number of nitrogens with one attached hydrogen (secondary N) is 1. The summed E-state index contributed by atoms with van der Waals surface area (Å²) in [6.45, 7) is 3.48. The lowest BCUT2D eigenvalue weighted by molar-refractivity contribution is -0.307. The summed E-state index contributed by atoms with van der Waals surface area (Å²) in [5.41, 5.74) is 2.22. The van der Waals surface area contributed by atoms with E-state index in [2.05, 4.69) is 5.32 Å². The number of hydrogen-bond donors (Lipinski definition) is 1. The van der Waals surface area contributed by atoms with Gasteiger partial charge in [0.1, 0.15) is 12.8 Å². The summed E-state index contributed by atoms with van der Waals surface area (Å²) in [6.07, 6.45) is 0.414. The normalized spacial score (nSPS) is 16.8. The molecule has 3 rings (SSSR count). The summed E-state index contributed by atoms with van der Waals surface area (Å²) in [4.78, 5) is 25.6. The molecular weight excluding hydrogens is 360 g/mol. The number of nitrogens with zero attached hydrogens (tertiary/aromatic N) is 1. The highest BCUT2D eigenvalue weighted by molar-refractivity contribution is 6.01. The summed E-state index contributed by atoms with van der Waals surface area (Å²) >= 11 is 0. The fourth-order valence-electron chi connectivity index (χ4n) is 3.27.